The van der Waals surface area contributed by atoms with Crippen molar-refractivity contribution in [3.63, 3.8) is 0 Å². The van der Waals surface area contributed by atoms with Gasteiger partial charge in [-0.15, -0.1) is 0 Å². The first-order chi connectivity index (χ1) is 6.20. The Morgan fingerprint density at radius 3 is 3.00 bits per heavy atom. The molecule has 0 aliphatic rings. The van der Waals surface area contributed by atoms with E-state index < -0.39 is 17.1 Å². The maximum atomic E-state index is 11.3. The van der Waals surface area contributed by atoms with Crippen molar-refractivity contribution in [3.8, 4) is 0 Å². The lowest BCUT2D eigenvalue weighted by Gasteiger charge is -1.92. The van der Waals surface area contributed by atoms with Gasteiger partial charge in [0.1, 0.15) is 5.65 Å². The third kappa shape index (κ3) is 0.994. The Hall–Kier alpha value is -2.11. The van der Waals surface area contributed by atoms with Crippen LogP contribution in [-0.2, 0) is 0 Å². The topological polar surface area (TPSA) is 98.8 Å². The number of hydrogen-bond donors (Lipinski definition) is 3. The molecule has 0 aliphatic carbocycles. The van der Waals surface area contributed by atoms with Gasteiger partial charge in [0, 0.05) is 6.20 Å². The zero-order chi connectivity index (χ0) is 9.42. The second-order valence-electron chi connectivity index (χ2n) is 2.47. The molecular formula is C7H5N3O3. The van der Waals surface area contributed by atoms with E-state index in [0.717, 1.165) is 0 Å². The van der Waals surface area contributed by atoms with Crippen LogP contribution in [0.4, 0.5) is 0 Å². The van der Waals surface area contributed by atoms with Crippen molar-refractivity contribution in [2.24, 2.45) is 0 Å². The third-order valence-corrected chi connectivity index (χ3v) is 1.69. The van der Waals surface area contributed by atoms with Gasteiger partial charge in [0.15, 0.2) is 0 Å². The number of nitrogens with one attached hydrogen (secondary N) is 2. The molecule has 2 heterocycles. The zero-order valence-corrected chi connectivity index (χ0v) is 6.37. The minimum atomic E-state index is -1.33. The maximum absolute atomic E-state index is 11.3. The molecule has 0 saturated carbocycles. The number of carboxylic acids is 1. The largest absolute Gasteiger partial charge is 0.476 e. The highest BCUT2D eigenvalue weighted by atomic mass is 16.4. The first-order valence-corrected chi connectivity index (χ1v) is 3.49. The summed E-state index contributed by atoms with van der Waals surface area (Å²) < 4.78 is 0. The first kappa shape index (κ1) is 7.53. The van der Waals surface area contributed by atoms with Crippen LogP contribution in [0.15, 0.2) is 17.1 Å². The monoisotopic (exact) mass is 179 g/mol. The molecule has 0 fully saturated rings. The van der Waals surface area contributed by atoms with Crippen molar-refractivity contribution in [2.75, 3.05) is 0 Å². The Balaban J connectivity index is 2.89. The van der Waals surface area contributed by atoms with Crippen molar-refractivity contribution < 1.29 is 9.90 Å². The van der Waals surface area contributed by atoms with Crippen LogP contribution >= 0.6 is 0 Å². The third-order valence-electron chi connectivity index (χ3n) is 1.69. The van der Waals surface area contributed by atoms with Crippen molar-refractivity contribution in [1.82, 2.24) is 15.2 Å². The number of hydrogen-bond acceptors (Lipinski definition) is 3. The Kier molecular flexibility index (Phi) is 1.42. The second kappa shape index (κ2) is 2.44. The molecule has 2 rings (SSSR count). The second-order valence-corrected chi connectivity index (χ2v) is 2.47. The highest BCUT2D eigenvalue weighted by Gasteiger charge is 2.13. The molecule has 0 saturated heterocycles. The van der Waals surface area contributed by atoms with Crippen LogP contribution in [0.1, 0.15) is 10.5 Å². The van der Waals surface area contributed by atoms with Crippen molar-refractivity contribution in [3.05, 3.63) is 28.2 Å². The standard InChI is InChI=1S/C7H5N3O3/c11-5-3-1-2-8-6(3)10-9-4(5)7(12)13/h1-2H,(H,12,13)(H2,8,10,11). The van der Waals surface area contributed by atoms with E-state index in [2.05, 4.69) is 15.2 Å². The number of carbonyl (C=O) groups is 1. The lowest BCUT2D eigenvalue weighted by molar-refractivity contribution is 0.0688. The molecule has 2 aromatic heterocycles. The summed E-state index contributed by atoms with van der Waals surface area (Å²) in [6.45, 7) is 0. The van der Waals surface area contributed by atoms with E-state index in [1.165, 1.54) is 12.3 Å². The predicted octanol–water partition coefficient (Wildman–Crippen LogP) is -0.0506. The summed E-state index contributed by atoms with van der Waals surface area (Å²) in [6, 6.07) is 1.50. The molecule has 0 aromatic carbocycles. The van der Waals surface area contributed by atoms with Gasteiger partial charge >= 0.3 is 5.97 Å². The van der Waals surface area contributed by atoms with Gasteiger partial charge in [0.05, 0.1) is 5.39 Å². The molecule has 0 radical (unpaired) electrons. The van der Waals surface area contributed by atoms with Crippen molar-refractivity contribution in [1.29, 1.82) is 0 Å². The van der Waals surface area contributed by atoms with Crippen LogP contribution < -0.4 is 5.43 Å². The molecular weight excluding hydrogens is 174 g/mol. The molecule has 3 N–H and O–H groups in total. The summed E-state index contributed by atoms with van der Waals surface area (Å²) in [6.07, 6.45) is 1.54. The van der Waals surface area contributed by atoms with Gasteiger partial charge in [-0.05, 0) is 6.07 Å². The normalized spacial score (nSPS) is 10.5. The Morgan fingerprint density at radius 2 is 2.31 bits per heavy atom. The van der Waals surface area contributed by atoms with Gasteiger partial charge in [-0.3, -0.25) is 9.89 Å². The molecule has 0 bridgehead atoms. The molecule has 0 aliphatic heterocycles. The molecule has 0 unspecified atom stereocenters. The number of fused-ring (bicyclic) bond motifs is 1. The smallest absolute Gasteiger partial charge is 0.360 e. The number of carboxylic acid groups (broad SMARTS) is 1. The Morgan fingerprint density at radius 1 is 1.54 bits per heavy atom. The molecule has 6 nitrogen and oxygen atoms in total. The van der Waals surface area contributed by atoms with E-state index in [0.29, 0.717) is 11.0 Å². The Bertz CT molecular complexity index is 525. The van der Waals surface area contributed by atoms with Crippen LogP contribution in [0.5, 0.6) is 0 Å². The van der Waals surface area contributed by atoms with Crippen LogP contribution in [0.2, 0.25) is 0 Å². The fourth-order valence-corrected chi connectivity index (χ4v) is 1.09. The van der Waals surface area contributed by atoms with Gasteiger partial charge in [0.2, 0.25) is 11.1 Å². The van der Waals surface area contributed by atoms with E-state index in [1.807, 2.05) is 0 Å². The fraction of sp³-hybridized carbons (Fsp3) is 0. The maximum Gasteiger partial charge on any atom is 0.360 e. The van der Waals surface area contributed by atoms with E-state index in [9.17, 15) is 9.59 Å². The molecule has 0 spiro atoms. The molecule has 66 valence electrons. The van der Waals surface area contributed by atoms with Crippen LogP contribution in [0.25, 0.3) is 11.0 Å². The fourth-order valence-electron chi connectivity index (χ4n) is 1.09. The summed E-state index contributed by atoms with van der Waals surface area (Å²) >= 11 is 0. The van der Waals surface area contributed by atoms with Gasteiger partial charge in [-0.25, -0.2) is 4.79 Å². The quantitative estimate of drug-likeness (QED) is 0.571. The van der Waals surface area contributed by atoms with Crippen LogP contribution in [-0.4, -0.2) is 26.3 Å². The van der Waals surface area contributed by atoms with Gasteiger partial charge in [0.25, 0.3) is 0 Å². The number of aromatic nitrogens is 3. The average molecular weight is 179 g/mol. The highest BCUT2D eigenvalue weighted by Crippen LogP contribution is 2.02. The molecule has 0 amide bonds. The van der Waals surface area contributed by atoms with E-state index in [1.54, 1.807) is 0 Å². The zero-order valence-electron chi connectivity index (χ0n) is 6.37. The Labute approximate surface area is 71.2 Å². The minimum Gasteiger partial charge on any atom is -0.476 e. The summed E-state index contributed by atoms with van der Waals surface area (Å²) in [5, 5.41) is 14.7. The molecule has 13 heavy (non-hydrogen) atoms. The van der Waals surface area contributed by atoms with Crippen molar-refractivity contribution in [2.45, 2.75) is 0 Å². The summed E-state index contributed by atoms with van der Waals surface area (Å²) in [5.74, 6) is -1.33. The van der Waals surface area contributed by atoms with E-state index >= 15 is 0 Å². The number of aromatic carboxylic acids is 1. The van der Waals surface area contributed by atoms with Gasteiger partial charge < -0.3 is 10.1 Å². The predicted molar refractivity (Wildman–Crippen MR) is 43.7 cm³/mol. The SMILES string of the molecule is O=C(O)c1n[nH]c2[nH]ccc2c1=O. The average Bonchev–Trinajstić information content (AvgIpc) is 2.52. The number of nitrogens with zero attached hydrogens (tertiary/aromatic N) is 1. The number of H-pyrrole nitrogens is 2. The van der Waals surface area contributed by atoms with Crippen LogP contribution in [0.3, 0.4) is 0 Å². The van der Waals surface area contributed by atoms with Crippen LogP contribution in [0, 0.1) is 0 Å². The molecule has 6 heteroatoms. The van der Waals surface area contributed by atoms with Gasteiger partial charge in [-0.2, -0.15) is 5.10 Å². The summed E-state index contributed by atoms with van der Waals surface area (Å²) in [5.41, 5.74) is -0.649. The summed E-state index contributed by atoms with van der Waals surface area (Å²) in [4.78, 5) is 24.6. The summed E-state index contributed by atoms with van der Waals surface area (Å²) in [7, 11) is 0. The highest BCUT2D eigenvalue weighted by molar-refractivity contribution is 5.89. The van der Waals surface area contributed by atoms with Gasteiger partial charge in [-0.1, -0.05) is 0 Å². The van der Waals surface area contributed by atoms with Crippen molar-refractivity contribution >= 4 is 17.0 Å². The van der Waals surface area contributed by atoms with E-state index in [-0.39, 0.29) is 0 Å². The first-order valence-electron chi connectivity index (χ1n) is 3.49. The van der Waals surface area contributed by atoms with E-state index in [4.69, 9.17) is 5.11 Å². The minimum absolute atomic E-state index is 0.299. The number of rotatable bonds is 1. The lowest BCUT2D eigenvalue weighted by atomic mass is 10.3. The molecule has 0 atom stereocenters. The number of aromatic amines is 2. The lowest BCUT2D eigenvalue weighted by Crippen LogP contribution is -2.17. The molecule has 2 aromatic rings.